The van der Waals surface area contributed by atoms with Crippen LogP contribution in [-0.2, 0) is 17.8 Å². The van der Waals surface area contributed by atoms with E-state index in [4.69, 9.17) is 17.2 Å². The third-order valence-corrected chi connectivity index (χ3v) is 6.84. The van der Waals surface area contributed by atoms with Crippen LogP contribution in [0.4, 0.5) is 0 Å². The Kier molecular flexibility index (Phi) is 10.1. The molecule has 210 valence electrons. The molecular formula is C31H37N5O4. The van der Waals surface area contributed by atoms with E-state index in [1.54, 1.807) is 41.4 Å². The number of primary amides is 1. The summed E-state index contributed by atoms with van der Waals surface area (Å²) in [6.07, 6.45) is 1.97. The second-order valence-electron chi connectivity index (χ2n) is 9.96. The van der Waals surface area contributed by atoms with E-state index in [1.165, 1.54) is 6.07 Å². The third kappa shape index (κ3) is 7.70. The number of rotatable bonds is 12. The topological polar surface area (TPSA) is 165 Å². The van der Waals surface area contributed by atoms with Crippen LogP contribution in [0.15, 0.2) is 72.9 Å². The van der Waals surface area contributed by atoms with Crippen molar-refractivity contribution in [1.82, 2.24) is 10.2 Å². The van der Waals surface area contributed by atoms with Crippen LogP contribution in [0.3, 0.4) is 0 Å². The number of nitrogens with one attached hydrogen (secondary N) is 1. The fourth-order valence-electron chi connectivity index (χ4n) is 4.59. The molecule has 0 bridgehead atoms. The highest BCUT2D eigenvalue weighted by Crippen LogP contribution is 2.20. The summed E-state index contributed by atoms with van der Waals surface area (Å²) in [7, 11) is 0. The standard InChI is InChI=1S/C31H37N5O4/c1-19-12-25(29(34)37)13-20(2)26(19)15-27(32)30(38)36(18-22-8-7-11-24(14-22)31(39)40)21(3)16-35-17-28(33)23-9-5-4-6-10-23/h4-14,17,21,27,35H,15-16,18,32-33H2,1-3H3,(H2,34,37)(H,39,40)/b28-17-/t21?,27-/m0/s1. The van der Waals surface area contributed by atoms with Crippen molar-refractivity contribution >= 4 is 23.5 Å². The van der Waals surface area contributed by atoms with Crippen molar-refractivity contribution in [3.63, 3.8) is 0 Å². The molecule has 0 fully saturated rings. The molecule has 0 heterocycles. The lowest BCUT2D eigenvalue weighted by Gasteiger charge is -2.32. The zero-order chi connectivity index (χ0) is 29.4. The van der Waals surface area contributed by atoms with Crippen molar-refractivity contribution in [2.75, 3.05) is 6.54 Å². The molecule has 0 saturated carbocycles. The van der Waals surface area contributed by atoms with E-state index >= 15 is 0 Å². The lowest BCUT2D eigenvalue weighted by atomic mass is 9.93. The molecule has 0 aliphatic heterocycles. The summed E-state index contributed by atoms with van der Waals surface area (Å²) in [4.78, 5) is 38.6. The van der Waals surface area contributed by atoms with Crippen molar-refractivity contribution in [1.29, 1.82) is 0 Å². The molecule has 0 aliphatic carbocycles. The van der Waals surface area contributed by atoms with Crippen LogP contribution in [0.5, 0.6) is 0 Å². The monoisotopic (exact) mass is 543 g/mol. The van der Waals surface area contributed by atoms with Crippen LogP contribution >= 0.6 is 0 Å². The fourth-order valence-corrected chi connectivity index (χ4v) is 4.59. The molecule has 0 saturated heterocycles. The molecule has 8 N–H and O–H groups in total. The zero-order valence-electron chi connectivity index (χ0n) is 23.1. The Morgan fingerprint density at radius 1 is 0.925 bits per heavy atom. The fraction of sp³-hybridized carbons (Fsp3) is 0.258. The normalized spacial score (nSPS) is 12.8. The van der Waals surface area contributed by atoms with Crippen LogP contribution in [0.1, 0.15) is 55.5 Å². The Labute approximate surface area is 234 Å². The number of hydrogen-bond acceptors (Lipinski definition) is 6. The molecule has 2 atom stereocenters. The summed E-state index contributed by atoms with van der Waals surface area (Å²) < 4.78 is 0. The summed E-state index contributed by atoms with van der Waals surface area (Å²) in [6.45, 7) is 6.17. The Morgan fingerprint density at radius 2 is 1.55 bits per heavy atom. The maximum atomic E-state index is 13.8. The Hall–Kier alpha value is -4.63. The number of carbonyl (C=O) groups is 3. The van der Waals surface area contributed by atoms with Gasteiger partial charge in [-0.1, -0.05) is 42.5 Å². The van der Waals surface area contributed by atoms with Gasteiger partial charge in [0.1, 0.15) is 0 Å². The molecule has 9 heteroatoms. The highest BCUT2D eigenvalue weighted by molar-refractivity contribution is 5.93. The van der Waals surface area contributed by atoms with Gasteiger partial charge in [0.2, 0.25) is 11.8 Å². The number of nitrogens with two attached hydrogens (primary N) is 3. The SMILES string of the molecule is Cc1cc(C(N)=O)cc(C)c1C[C@H](N)C(=O)N(Cc1cccc(C(=O)O)c1)C(C)CN/C=C(\N)c1ccccc1. The van der Waals surface area contributed by atoms with Crippen molar-refractivity contribution in [2.45, 2.75) is 45.8 Å². The predicted molar refractivity (Wildman–Crippen MR) is 156 cm³/mol. The smallest absolute Gasteiger partial charge is 0.335 e. The molecular weight excluding hydrogens is 506 g/mol. The maximum Gasteiger partial charge on any atom is 0.335 e. The molecule has 0 aliphatic rings. The molecule has 1 unspecified atom stereocenters. The molecule has 3 aromatic rings. The van der Waals surface area contributed by atoms with Gasteiger partial charge in [-0.3, -0.25) is 9.59 Å². The number of carboxylic acid groups (broad SMARTS) is 1. The molecule has 0 aromatic heterocycles. The quantitative estimate of drug-likeness (QED) is 0.234. The van der Waals surface area contributed by atoms with Gasteiger partial charge in [-0.05, 0) is 79.3 Å². The van der Waals surface area contributed by atoms with Crippen LogP contribution in [0, 0.1) is 13.8 Å². The van der Waals surface area contributed by atoms with Gasteiger partial charge in [-0.2, -0.15) is 0 Å². The highest BCUT2D eigenvalue weighted by Gasteiger charge is 2.27. The van der Waals surface area contributed by atoms with Crippen LogP contribution < -0.4 is 22.5 Å². The summed E-state index contributed by atoms with van der Waals surface area (Å²) in [6, 6.07) is 18.2. The van der Waals surface area contributed by atoms with Gasteiger partial charge in [0.05, 0.1) is 17.3 Å². The van der Waals surface area contributed by atoms with Gasteiger partial charge >= 0.3 is 5.97 Å². The minimum atomic E-state index is -1.04. The number of aromatic carboxylic acids is 1. The molecule has 40 heavy (non-hydrogen) atoms. The first-order chi connectivity index (χ1) is 19.0. The number of aryl methyl sites for hydroxylation is 2. The van der Waals surface area contributed by atoms with E-state index in [0.29, 0.717) is 23.4 Å². The van der Waals surface area contributed by atoms with Gasteiger partial charge in [0.25, 0.3) is 0 Å². The van der Waals surface area contributed by atoms with Gasteiger partial charge in [-0.15, -0.1) is 0 Å². The number of hydrogen-bond donors (Lipinski definition) is 5. The van der Waals surface area contributed by atoms with Gasteiger partial charge in [-0.25, -0.2) is 4.79 Å². The van der Waals surface area contributed by atoms with Crippen molar-refractivity contribution in [3.8, 4) is 0 Å². The second-order valence-corrected chi connectivity index (χ2v) is 9.96. The molecule has 2 amide bonds. The Balaban J connectivity index is 1.83. The van der Waals surface area contributed by atoms with Gasteiger partial charge in [0.15, 0.2) is 0 Å². The lowest BCUT2D eigenvalue weighted by molar-refractivity contribution is -0.135. The highest BCUT2D eigenvalue weighted by atomic mass is 16.4. The first-order valence-electron chi connectivity index (χ1n) is 13.0. The Morgan fingerprint density at radius 3 is 2.15 bits per heavy atom. The van der Waals surface area contributed by atoms with Crippen LogP contribution in [0.2, 0.25) is 0 Å². The number of benzene rings is 3. The first-order valence-corrected chi connectivity index (χ1v) is 13.0. The first kappa shape index (κ1) is 29.9. The molecule has 3 rings (SSSR count). The predicted octanol–water partition coefficient (Wildman–Crippen LogP) is 2.93. The summed E-state index contributed by atoms with van der Waals surface area (Å²) in [5, 5.41) is 12.6. The number of carbonyl (C=O) groups excluding carboxylic acids is 2. The number of carboxylic acids is 1. The lowest BCUT2D eigenvalue weighted by Crippen LogP contribution is -2.50. The van der Waals surface area contributed by atoms with E-state index < -0.39 is 17.9 Å². The molecule has 3 aromatic carbocycles. The van der Waals surface area contributed by atoms with Crippen molar-refractivity contribution in [3.05, 3.63) is 112 Å². The van der Waals surface area contributed by atoms with E-state index in [0.717, 1.165) is 22.3 Å². The maximum absolute atomic E-state index is 13.8. The van der Waals surface area contributed by atoms with E-state index in [2.05, 4.69) is 5.32 Å². The van der Waals surface area contributed by atoms with E-state index in [-0.39, 0.29) is 30.5 Å². The molecule has 0 radical (unpaired) electrons. The van der Waals surface area contributed by atoms with Gasteiger partial charge in [0, 0.05) is 30.9 Å². The minimum absolute atomic E-state index is 0.138. The minimum Gasteiger partial charge on any atom is -0.478 e. The molecule has 9 nitrogen and oxygen atoms in total. The second kappa shape index (κ2) is 13.4. The number of nitrogens with zero attached hydrogens (tertiary/aromatic N) is 1. The van der Waals surface area contributed by atoms with Crippen LogP contribution in [-0.4, -0.2) is 46.4 Å². The summed E-state index contributed by atoms with van der Waals surface area (Å²) in [5.41, 5.74) is 23.3. The van der Waals surface area contributed by atoms with E-state index in [9.17, 15) is 19.5 Å². The number of amides is 2. The van der Waals surface area contributed by atoms with Crippen molar-refractivity contribution in [2.24, 2.45) is 17.2 Å². The third-order valence-electron chi connectivity index (χ3n) is 6.84. The van der Waals surface area contributed by atoms with Gasteiger partial charge < -0.3 is 32.5 Å². The summed E-state index contributed by atoms with van der Waals surface area (Å²) in [5.74, 6) is -1.85. The van der Waals surface area contributed by atoms with Crippen LogP contribution in [0.25, 0.3) is 5.70 Å². The molecule has 0 spiro atoms. The summed E-state index contributed by atoms with van der Waals surface area (Å²) >= 11 is 0. The largest absolute Gasteiger partial charge is 0.478 e. The average Bonchev–Trinajstić information content (AvgIpc) is 2.93. The Bertz CT molecular complexity index is 1380. The zero-order valence-corrected chi connectivity index (χ0v) is 23.1. The average molecular weight is 544 g/mol. The van der Waals surface area contributed by atoms with Crippen molar-refractivity contribution < 1.29 is 19.5 Å². The van der Waals surface area contributed by atoms with E-state index in [1.807, 2.05) is 51.1 Å².